The second kappa shape index (κ2) is 7.62. The van der Waals surface area contributed by atoms with Crippen LogP contribution < -0.4 is 0 Å². The van der Waals surface area contributed by atoms with E-state index in [1.165, 1.54) is 23.3 Å². The van der Waals surface area contributed by atoms with Crippen molar-refractivity contribution in [2.75, 3.05) is 13.1 Å². The molecule has 5 nitrogen and oxygen atoms in total. The molecule has 1 aliphatic heterocycles. The molecule has 5 rings (SSSR count). The number of amides is 1. The summed E-state index contributed by atoms with van der Waals surface area (Å²) in [6.07, 6.45) is 1.51. The van der Waals surface area contributed by atoms with Crippen molar-refractivity contribution < 1.29 is 18.0 Å². The zero-order chi connectivity index (χ0) is 21.8. The van der Waals surface area contributed by atoms with Crippen molar-refractivity contribution in [3.05, 3.63) is 50.6 Å². The van der Waals surface area contributed by atoms with Crippen molar-refractivity contribution in [1.82, 2.24) is 19.5 Å². The molecule has 164 valence electrons. The zero-order valence-electron chi connectivity index (χ0n) is 17.2. The molecule has 3 aromatic rings. The molecule has 9 heteroatoms. The van der Waals surface area contributed by atoms with E-state index in [1.807, 2.05) is 11.0 Å². The van der Waals surface area contributed by atoms with Gasteiger partial charge in [0.25, 0.3) is 5.91 Å². The van der Waals surface area contributed by atoms with Gasteiger partial charge >= 0.3 is 6.18 Å². The number of thiophene rings is 1. The number of hydrogen-bond donors (Lipinski definition) is 0. The summed E-state index contributed by atoms with van der Waals surface area (Å²) in [5.41, 5.74) is 1.53. The molecule has 0 aromatic carbocycles. The number of aryl methyl sites for hydroxylation is 3. The predicted molar refractivity (Wildman–Crippen MR) is 112 cm³/mol. The van der Waals surface area contributed by atoms with Gasteiger partial charge in [0.1, 0.15) is 5.69 Å². The van der Waals surface area contributed by atoms with E-state index in [9.17, 15) is 18.0 Å². The zero-order valence-corrected chi connectivity index (χ0v) is 18.0. The summed E-state index contributed by atoms with van der Waals surface area (Å²) >= 11 is 1.60. The first-order valence-electron chi connectivity index (χ1n) is 10.6. The van der Waals surface area contributed by atoms with Crippen molar-refractivity contribution in [3.63, 3.8) is 0 Å². The van der Waals surface area contributed by atoms with Crippen LogP contribution in [0.2, 0.25) is 0 Å². The first-order chi connectivity index (χ1) is 14.8. The number of aromatic nitrogens is 3. The van der Waals surface area contributed by atoms with Gasteiger partial charge in [-0.2, -0.15) is 18.3 Å². The minimum Gasteiger partial charge on any atom is -0.337 e. The molecule has 31 heavy (non-hydrogen) atoms. The molecule has 1 aliphatic carbocycles. The molecular weight excluding hydrogens is 425 g/mol. The average Bonchev–Trinajstić information content (AvgIpc) is 3.36. The van der Waals surface area contributed by atoms with E-state index in [2.05, 4.69) is 10.1 Å². The van der Waals surface area contributed by atoms with Crippen molar-refractivity contribution in [3.8, 4) is 0 Å². The Bertz CT molecular complexity index is 1130. The van der Waals surface area contributed by atoms with Gasteiger partial charge in [-0.1, -0.05) is 0 Å². The van der Waals surface area contributed by atoms with Crippen molar-refractivity contribution >= 4 is 22.9 Å². The summed E-state index contributed by atoms with van der Waals surface area (Å²) in [6, 6.07) is 4.68. The van der Waals surface area contributed by atoms with E-state index in [4.69, 9.17) is 0 Å². The lowest BCUT2D eigenvalue weighted by Gasteiger charge is -2.31. The molecule has 1 atom stereocenters. The highest BCUT2D eigenvalue weighted by molar-refractivity contribution is 7.14. The van der Waals surface area contributed by atoms with Crippen LogP contribution in [-0.2, 0) is 19.0 Å². The number of halogens is 3. The standard InChI is InChI=1S/C22H23F3N4OS/c1-13-9-19(22(23,24)25)29-20(26-13)11-16(27-29)15-6-4-8-28(12-15)21(30)18-10-14-5-2-3-7-17(14)31-18/h9-11,15H,2-8,12H2,1H3/t15-/m1/s1. The van der Waals surface area contributed by atoms with Crippen molar-refractivity contribution in [1.29, 1.82) is 0 Å². The topological polar surface area (TPSA) is 50.5 Å². The number of rotatable bonds is 2. The summed E-state index contributed by atoms with van der Waals surface area (Å²) < 4.78 is 41.3. The largest absolute Gasteiger partial charge is 0.433 e. The van der Waals surface area contributed by atoms with Crippen molar-refractivity contribution in [2.24, 2.45) is 0 Å². The summed E-state index contributed by atoms with van der Waals surface area (Å²) in [7, 11) is 0. The van der Waals surface area contributed by atoms with E-state index in [0.29, 0.717) is 24.5 Å². The first kappa shape index (κ1) is 20.5. The molecule has 2 aliphatic rings. The van der Waals surface area contributed by atoms with Crippen LogP contribution in [0.1, 0.15) is 68.8 Å². The molecule has 4 heterocycles. The monoisotopic (exact) mass is 448 g/mol. The second-order valence-electron chi connectivity index (χ2n) is 8.48. The molecule has 3 aromatic heterocycles. The fourth-order valence-electron chi connectivity index (χ4n) is 4.67. The number of hydrogen-bond acceptors (Lipinski definition) is 4. The van der Waals surface area contributed by atoms with Crippen LogP contribution in [0.5, 0.6) is 0 Å². The van der Waals surface area contributed by atoms with Crippen LogP contribution in [0, 0.1) is 6.92 Å². The molecule has 0 saturated carbocycles. The number of nitrogens with zero attached hydrogens (tertiary/aromatic N) is 4. The molecular formula is C22H23F3N4OS. The third-order valence-corrected chi connectivity index (χ3v) is 7.42. The Morgan fingerprint density at radius 1 is 1.16 bits per heavy atom. The maximum absolute atomic E-state index is 13.5. The van der Waals surface area contributed by atoms with Crippen LogP contribution in [0.4, 0.5) is 13.2 Å². The van der Waals surface area contributed by atoms with E-state index >= 15 is 0 Å². The number of fused-ring (bicyclic) bond motifs is 2. The fraction of sp³-hybridized carbons (Fsp3) is 0.500. The summed E-state index contributed by atoms with van der Waals surface area (Å²) in [4.78, 5) is 21.3. The Labute approximate surface area is 181 Å². The minimum absolute atomic E-state index is 0.0258. The van der Waals surface area contributed by atoms with Gasteiger partial charge < -0.3 is 4.90 Å². The van der Waals surface area contributed by atoms with Gasteiger partial charge in [-0.05, 0) is 63.1 Å². The Balaban J connectivity index is 1.41. The normalized spacial score (nSPS) is 19.6. The molecule has 0 radical (unpaired) electrons. The van der Waals surface area contributed by atoms with Crippen LogP contribution in [0.25, 0.3) is 5.65 Å². The van der Waals surface area contributed by atoms with Gasteiger partial charge in [-0.15, -0.1) is 11.3 Å². The molecule has 1 saturated heterocycles. The van der Waals surface area contributed by atoms with Crippen LogP contribution in [0.3, 0.4) is 0 Å². The maximum atomic E-state index is 13.5. The lowest BCUT2D eigenvalue weighted by Crippen LogP contribution is -2.38. The number of carbonyl (C=O) groups excluding carboxylic acids is 1. The summed E-state index contributed by atoms with van der Waals surface area (Å²) in [6.45, 7) is 2.67. The number of alkyl halides is 3. The first-order valence-corrected chi connectivity index (χ1v) is 11.5. The third kappa shape index (κ3) is 3.84. The smallest absolute Gasteiger partial charge is 0.337 e. The van der Waals surface area contributed by atoms with Gasteiger partial charge in [0, 0.05) is 35.6 Å². The van der Waals surface area contributed by atoms with E-state index in [0.717, 1.165) is 41.1 Å². The highest BCUT2D eigenvalue weighted by Gasteiger charge is 2.36. The lowest BCUT2D eigenvalue weighted by molar-refractivity contribution is -0.142. The lowest BCUT2D eigenvalue weighted by atomic mass is 9.94. The second-order valence-corrected chi connectivity index (χ2v) is 9.61. The van der Waals surface area contributed by atoms with E-state index in [1.54, 1.807) is 24.3 Å². The average molecular weight is 449 g/mol. The highest BCUT2D eigenvalue weighted by Crippen LogP contribution is 2.34. The van der Waals surface area contributed by atoms with Gasteiger partial charge in [-0.3, -0.25) is 4.79 Å². The van der Waals surface area contributed by atoms with Crippen LogP contribution >= 0.6 is 11.3 Å². The minimum atomic E-state index is -4.51. The van der Waals surface area contributed by atoms with Crippen LogP contribution in [0.15, 0.2) is 18.2 Å². The Morgan fingerprint density at radius 3 is 2.74 bits per heavy atom. The molecule has 0 unspecified atom stereocenters. The molecule has 0 spiro atoms. The van der Waals surface area contributed by atoms with Crippen LogP contribution in [-0.4, -0.2) is 38.5 Å². The SMILES string of the molecule is Cc1cc(C(F)(F)F)n2nc([C@@H]3CCCN(C(=O)c4cc5c(s4)CCCC5)C3)cc2n1. The molecule has 1 amide bonds. The summed E-state index contributed by atoms with van der Waals surface area (Å²) in [5, 5.41) is 4.26. The van der Waals surface area contributed by atoms with Gasteiger partial charge in [0.05, 0.1) is 10.6 Å². The molecule has 1 fully saturated rings. The molecule has 0 bridgehead atoms. The number of carbonyl (C=O) groups is 1. The Kier molecular flexibility index (Phi) is 5.03. The van der Waals surface area contributed by atoms with Gasteiger partial charge in [0.2, 0.25) is 0 Å². The fourth-order valence-corrected chi connectivity index (χ4v) is 5.90. The Hall–Kier alpha value is -2.42. The predicted octanol–water partition coefficient (Wildman–Crippen LogP) is 5.02. The van der Waals surface area contributed by atoms with Gasteiger partial charge in [-0.25, -0.2) is 9.50 Å². The Morgan fingerprint density at radius 2 is 1.97 bits per heavy atom. The van der Waals surface area contributed by atoms with Gasteiger partial charge in [0.15, 0.2) is 5.65 Å². The molecule has 0 N–H and O–H groups in total. The number of piperidine rings is 1. The highest BCUT2D eigenvalue weighted by atomic mass is 32.1. The third-order valence-electron chi connectivity index (χ3n) is 6.20. The van der Waals surface area contributed by atoms with E-state index < -0.39 is 11.9 Å². The number of likely N-dealkylation sites (tertiary alicyclic amines) is 1. The quantitative estimate of drug-likeness (QED) is 0.553. The van der Waals surface area contributed by atoms with Crippen molar-refractivity contribution in [2.45, 2.75) is 57.5 Å². The van der Waals surface area contributed by atoms with E-state index in [-0.39, 0.29) is 17.5 Å². The maximum Gasteiger partial charge on any atom is 0.433 e. The summed E-state index contributed by atoms with van der Waals surface area (Å²) in [5.74, 6) is -0.0757.